The second-order valence-electron chi connectivity index (χ2n) is 7.10. The smallest absolute Gasteiger partial charge is 0.352 e. The van der Waals surface area contributed by atoms with Crippen molar-refractivity contribution in [2.75, 3.05) is 0 Å². The third kappa shape index (κ3) is 2.52. The molecule has 3 N–H and O–H groups in total. The fourth-order valence-corrected chi connectivity index (χ4v) is 5.29. The number of nitrogens with zero attached hydrogens (tertiary/aromatic N) is 1. The van der Waals surface area contributed by atoms with Crippen LogP contribution in [0.15, 0.2) is 33.9 Å². The van der Waals surface area contributed by atoms with Gasteiger partial charge < -0.3 is 10.1 Å². The van der Waals surface area contributed by atoms with Gasteiger partial charge in [-0.25, -0.2) is 14.2 Å². The number of fused-ring (bicyclic) bond motifs is 4. The van der Waals surface area contributed by atoms with Crippen molar-refractivity contribution in [1.29, 1.82) is 0 Å². The molecule has 142 valence electrons. The van der Waals surface area contributed by atoms with Crippen LogP contribution in [-0.4, -0.2) is 25.6 Å². The van der Waals surface area contributed by atoms with Gasteiger partial charge in [0, 0.05) is 15.8 Å². The van der Waals surface area contributed by atoms with Crippen LogP contribution in [0.4, 0.5) is 0 Å². The van der Waals surface area contributed by atoms with E-state index in [9.17, 15) is 14.4 Å². The maximum atomic E-state index is 13.3. The zero-order valence-electron chi connectivity index (χ0n) is 14.9. The number of hydrogen-bond acceptors (Lipinski definition) is 4. The molecule has 5 rings (SSSR count). The lowest BCUT2D eigenvalue weighted by Crippen LogP contribution is -2.33. The Hall–Kier alpha value is -3.13. The second kappa shape index (κ2) is 6.20. The van der Waals surface area contributed by atoms with Crippen molar-refractivity contribution in [3.8, 4) is 5.69 Å². The van der Waals surface area contributed by atoms with E-state index < -0.39 is 11.7 Å². The van der Waals surface area contributed by atoms with Crippen LogP contribution >= 0.6 is 11.3 Å². The maximum absolute atomic E-state index is 13.3. The minimum absolute atomic E-state index is 0.0620. The summed E-state index contributed by atoms with van der Waals surface area (Å²) in [7, 11) is 0. The summed E-state index contributed by atoms with van der Waals surface area (Å²) in [6.07, 6.45) is 5.11. The highest BCUT2D eigenvalue weighted by atomic mass is 32.1. The summed E-state index contributed by atoms with van der Waals surface area (Å²) in [5.74, 6) is -1.06. The maximum Gasteiger partial charge on any atom is 0.352 e. The molecule has 0 saturated carbocycles. The van der Waals surface area contributed by atoms with Crippen LogP contribution in [0.25, 0.3) is 26.8 Å². The molecule has 0 bridgehead atoms. The van der Waals surface area contributed by atoms with Crippen molar-refractivity contribution in [2.45, 2.75) is 32.1 Å². The molecule has 4 aromatic rings. The van der Waals surface area contributed by atoms with Gasteiger partial charge in [-0.15, -0.1) is 11.3 Å². The highest BCUT2D eigenvalue weighted by Gasteiger charge is 2.21. The van der Waals surface area contributed by atoms with Gasteiger partial charge in [-0.3, -0.25) is 9.78 Å². The molecule has 28 heavy (non-hydrogen) atoms. The molecule has 0 amide bonds. The third-order valence-electron chi connectivity index (χ3n) is 5.35. The van der Waals surface area contributed by atoms with Crippen LogP contribution in [0.1, 0.15) is 40.2 Å². The summed E-state index contributed by atoms with van der Waals surface area (Å²) in [6, 6.07) is 6.49. The minimum atomic E-state index is -1.06. The van der Waals surface area contributed by atoms with Crippen LogP contribution in [0.2, 0.25) is 0 Å². The average Bonchev–Trinajstić information content (AvgIpc) is 3.15. The lowest BCUT2D eigenvalue weighted by molar-refractivity contribution is 0.0691. The second-order valence-corrected chi connectivity index (χ2v) is 8.20. The molecule has 0 atom stereocenters. The fourth-order valence-electron chi connectivity index (χ4n) is 4.02. The number of carboxylic acid groups (broad SMARTS) is 1. The van der Waals surface area contributed by atoms with Gasteiger partial charge in [0.2, 0.25) is 0 Å². The van der Waals surface area contributed by atoms with Gasteiger partial charge in [0.25, 0.3) is 5.56 Å². The molecule has 0 fully saturated rings. The Morgan fingerprint density at radius 3 is 2.71 bits per heavy atom. The predicted molar refractivity (Wildman–Crippen MR) is 108 cm³/mol. The molecule has 7 nitrogen and oxygen atoms in total. The average molecular weight is 395 g/mol. The summed E-state index contributed by atoms with van der Waals surface area (Å²) in [6.45, 7) is 0. The highest BCUT2D eigenvalue weighted by Crippen LogP contribution is 2.32. The largest absolute Gasteiger partial charge is 0.477 e. The first kappa shape index (κ1) is 17.0. The van der Waals surface area contributed by atoms with E-state index >= 15 is 0 Å². The van der Waals surface area contributed by atoms with E-state index in [4.69, 9.17) is 5.11 Å². The Bertz CT molecular complexity index is 1370. The van der Waals surface area contributed by atoms with Crippen molar-refractivity contribution in [1.82, 2.24) is 14.5 Å². The lowest BCUT2D eigenvalue weighted by atomic mass is 10.1. The van der Waals surface area contributed by atoms with E-state index in [1.807, 2.05) is 0 Å². The van der Waals surface area contributed by atoms with Crippen LogP contribution in [0.5, 0.6) is 0 Å². The third-order valence-corrected chi connectivity index (χ3v) is 6.56. The quantitative estimate of drug-likeness (QED) is 0.453. The summed E-state index contributed by atoms with van der Waals surface area (Å²) in [4.78, 5) is 44.7. The zero-order chi connectivity index (χ0) is 19.4. The van der Waals surface area contributed by atoms with Gasteiger partial charge in [0.15, 0.2) is 0 Å². The number of carbonyl (C=O) groups is 1. The molecule has 3 heterocycles. The zero-order valence-corrected chi connectivity index (χ0v) is 15.7. The SMILES string of the molecule is O=C(O)c1cc2cc(-n3c(=O)[nH]c4sc5c(c4c3=O)CCCCC5)ccc2[nH]1. The molecule has 0 spiro atoms. The molecule has 1 aliphatic rings. The van der Waals surface area contributed by atoms with Gasteiger partial charge in [-0.1, -0.05) is 6.42 Å². The number of thiophene rings is 1. The van der Waals surface area contributed by atoms with Gasteiger partial charge in [0.1, 0.15) is 10.5 Å². The van der Waals surface area contributed by atoms with Crippen LogP contribution in [0.3, 0.4) is 0 Å². The minimum Gasteiger partial charge on any atom is -0.477 e. The van der Waals surface area contributed by atoms with Gasteiger partial charge in [0.05, 0.1) is 11.1 Å². The normalized spacial score (nSPS) is 14.3. The van der Waals surface area contributed by atoms with Gasteiger partial charge in [-0.05, 0) is 55.5 Å². The number of rotatable bonds is 2. The molecule has 0 aliphatic heterocycles. The summed E-state index contributed by atoms with van der Waals surface area (Å²) in [5.41, 5.74) is 1.39. The number of aromatic nitrogens is 3. The number of nitrogens with one attached hydrogen (secondary N) is 2. The molecule has 0 radical (unpaired) electrons. The van der Waals surface area contributed by atoms with Gasteiger partial charge >= 0.3 is 11.7 Å². The van der Waals surface area contributed by atoms with Crippen molar-refractivity contribution >= 4 is 38.4 Å². The number of H-pyrrole nitrogens is 2. The first-order valence-corrected chi connectivity index (χ1v) is 10.0. The van der Waals surface area contributed by atoms with Crippen molar-refractivity contribution in [3.63, 3.8) is 0 Å². The lowest BCUT2D eigenvalue weighted by Gasteiger charge is -2.06. The standard InChI is InChI=1S/C20H17N3O4S/c24-18-16-12-4-2-1-3-5-15(12)28-17(16)22-20(27)23(18)11-6-7-13-10(8-11)9-14(21-13)19(25)26/h6-9,21H,1-5H2,(H,22,27)(H,25,26). The first-order chi connectivity index (χ1) is 13.5. The van der Waals surface area contributed by atoms with E-state index in [-0.39, 0.29) is 11.3 Å². The number of carboxylic acids is 1. The topological polar surface area (TPSA) is 108 Å². The fraction of sp³-hybridized carbons (Fsp3) is 0.250. The molecule has 1 aliphatic carbocycles. The Morgan fingerprint density at radius 2 is 1.89 bits per heavy atom. The monoisotopic (exact) mass is 395 g/mol. The summed E-state index contributed by atoms with van der Waals surface area (Å²) < 4.78 is 1.15. The van der Waals surface area contributed by atoms with Crippen molar-refractivity contribution in [3.05, 3.63) is 61.2 Å². The summed E-state index contributed by atoms with van der Waals surface area (Å²) in [5, 5.41) is 10.4. The number of aromatic amines is 2. The summed E-state index contributed by atoms with van der Waals surface area (Å²) >= 11 is 1.52. The Balaban J connectivity index is 1.75. The van der Waals surface area contributed by atoms with E-state index in [1.54, 1.807) is 18.2 Å². The molecule has 8 heteroatoms. The molecule has 0 unspecified atom stereocenters. The number of aromatic carboxylic acids is 1. The molecule has 3 aromatic heterocycles. The van der Waals surface area contributed by atoms with Gasteiger partial charge in [-0.2, -0.15) is 0 Å². The number of aryl methyl sites for hydroxylation is 2. The van der Waals surface area contributed by atoms with Crippen LogP contribution in [-0.2, 0) is 12.8 Å². The van der Waals surface area contributed by atoms with E-state index in [2.05, 4.69) is 9.97 Å². The molecule has 1 aromatic carbocycles. The van der Waals surface area contributed by atoms with E-state index in [0.717, 1.165) is 42.2 Å². The number of hydrogen-bond donors (Lipinski definition) is 3. The van der Waals surface area contributed by atoms with Crippen molar-refractivity contribution < 1.29 is 9.90 Å². The molecular weight excluding hydrogens is 378 g/mol. The van der Waals surface area contributed by atoms with E-state index in [0.29, 0.717) is 26.8 Å². The Kier molecular flexibility index (Phi) is 3.77. The van der Waals surface area contributed by atoms with Crippen LogP contribution < -0.4 is 11.2 Å². The highest BCUT2D eigenvalue weighted by molar-refractivity contribution is 7.18. The number of benzene rings is 1. The van der Waals surface area contributed by atoms with E-state index in [1.165, 1.54) is 22.3 Å². The predicted octanol–water partition coefficient (Wildman–Crippen LogP) is 3.19. The Morgan fingerprint density at radius 1 is 1.07 bits per heavy atom. The van der Waals surface area contributed by atoms with Crippen molar-refractivity contribution in [2.24, 2.45) is 0 Å². The first-order valence-electron chi connectivity index (χ1n) is 9.19. The molecular formula is C20H17N3O4S. The van der Waals surface area contributed by atoms with Crippen LogP contribution in [0, 0.1) is 0 Å². The Labute approximate surface area is 162 Å². The molecule has 0 saturated heterocycles.